The second-order valence-corrected chi connectivity index (χ2v) is 9.54. The molecule has 0 aliphatic rings. The zero-order chi connectivity index (χ0) is 23.8. The number of hydrogen-bond donors (Lipinski definition) is 1. The van der Waals surface area contributed by atoms with Crippen LogP contribution >= 0.6 is 7.80 Å². The fraction of sp³-hybridized carbons (Fsp3) is 0.138. The molecular weight excluding hydrogens is 427 g/mol. The van der Waals surface area contributed by atoms with Crippen LogP contribution in [0.5, 0.6) is 0 Å². The van der Waals surface area contributed by atoms with E-state index in [-0.39, 0.29) is 5.78 Å². The number of carbonyl (C=O) groups is 1. The molecule has 0 fully saturated rings. The molecule has 33 heavy (non-hydrogen) atoms. The molecule has 0 aromatic heterocycles. The van der Waals surface area contributed by atoms with E-state index >= 15 is 0 Å². The van der Waals surface area contributed by atoms with Gasteiger partial charge in [-0.2, -0.15) is 0 Å². The first-order valence-electron chi connectivity index (χ1n) is 10.8. The van der Waals surface area contributed by atoms with Crippen molar-refractivity contribution in [1.29, 1.82) is 0 Å². The minimum atomic E-state index is -1.42. The van der Waals surface area contributed by atoms with Gasteiger partial charge < -0.3 is 5.11 Å². The zero-order valence-electron chi connectivity index (χ0n) is 19.1. The predicted molar refractivity (Wildman–Crippen MR) is 136 cm³/mol. The average Bonchev–Trinajstić information content (AvgIpc) is 2.84. The number of rotatable bonds is 5. The Kier molecular flexibility index (Phi) is 8.43. The minimum Gasteiger partial charge on any atom is -0.380 e. The highest BCUT2D eigenvalue weighted by Gasteiger charge is 2.22. The Morgan fingerprint density at radius 2 is 1.09 bits per heavy atom. The van der Waals surface area contributed by atoms with Gasteiger partial charge in [0.25, 0.3) is 0 Å². The predicted octanol–water partition coefficient (Wildman–Crippen LogP) is 5.99. The van der Waals surface area contributed by atoms with Crippen LogP contribution < -0.4 is 10.6 Å². The Bertz CT molecular complexity index is 1160. The number of benzene rings is 4. The van der Waals surface area contributed by atoms with Crippen molar-refractivity contribution in [3.05, 3.63) is 131 Å². The van der Waals surface area contributed by atoms with Crippen LogP contribution in [0.25, 0.3) is 0 Å². The number of ketones is 1. The first-order chi connectivity index (χ1) is 15.9. The van der Waals surface area contributed by atoms with E-state index in [1.807, 2.05) is 112 Å². The Hall–Kier alpha value is -3.39. The summed E-state index contributed by atoms with van der Waals surface area (Å²) in [6.45, 7) is 5.82. The van der Waals surface area contributed by atoms with E-state index in [4.69, 9.17) is 0 Å². The van der Waals surface area contributed by atoms with Crippen molar-refractivity contribution >= 4 is 24.2 Å². The highest BCUT2D eigenvalue weighted by Crippen LogP contribution is 2.24. The van der Waals surface area contributed by atoms with Gasteiger partial charge in [0.1, 0.15) is 13.9 Å². The van der Waals surface area contributed by atoms with E-state index < -0.39 is 13.9 Å². The van der Waals surface area contributed by atoms with Crippen molar-refractivity contribution in [2.24, 2.45) is 0 Å². The van der Waals surface area contributed by atoms with E-state index in [0.717, 1.165) is 27.3 Å². The molecule has 0 saturated heterocycles. The Morgan fingerprint density at radius 3 is 1.52 bits per heavy atom. The third-order valence-corrected chi connectivity index (χ3v) is 6.80. The van der Waals surface area contributed by atoms with Gasteiger partial charge in [-0.1, -0.05) is 84.4 Å². The molecule has 4 rings (SSSR count). The van der Waals surface area contributed by atoms with Crippen molar-refractivity contribution in [1.82, 2.24) is 0 Å². The first-order valence-corrected chi connectivity index (χ1v) is 12.1. The molecule has 1 atom stereocenters. The largest absolute Gasteiger partial charge is 0.380 e. The van der Waals surface area contributed by atoms with Crippen LogP contribution in [-0.2, 0) is 4.57 Å². The second-order valence-electron chi connectivity index (χ2n) is 7.92. The van der Waals surface area contributed by atoms with Crippen LogP contribution in [0.4, 0.5) is 0 Å². The van der Waals surface area contributed by atoms with Gasteiger partial charge in [0.2, 0.25) is 0 Å². The summed E-state index contributed by atoms with van der Waals surface area (Å²) in [6, 6.07) is 32.0. The lowest BCUT2D eigenvalue weighted by atomic mass is 9.92. The van der Waals surface area contributed by atoms with Crippen molar-refractivity contribution in [2.45, 2.75) is 26.9 Å². The third kappa shape index (κ3) is 6.32. The van der Waals surface area contributed by atoms with Crippen LogP contribution in [0.1, 0.15) is 38.7 Å². The van der Waals surface area contributed by atoms with Gasteiger partial charge >= 0.3 is 0 Å². The number of carbonyl (C=O) groups excluding carboxylic acids is 1. The average molecular weight is 456 g/mol. The molecule has 1 N–H and O–H groups in total. The Balaban J connectivity index is 0.000000194. The molecule has 3 nitrogen and oxygen atoms in total. The lowest BCUT2D eigenvalue weighted by molar-refractivity contribution is 0.0746. The van der Waals surface area contributed by atoms with Crippen molar-refractivity contribution in [3.8, 4) is 0 Å². The molecule has 1 unspecified atom stereocenters. The highest BCUT2D eigenvalue weighted by atomic mass is 31.1. The SMILES string of the molecule is Cc1cc(C)c(C(=O)C(O)c2ccccc2)c(C)c1.O=[P](c1ccccc1)c1ccccc1. The normalized spacial score (nSPS) is 11.2. The standard InChI is InChI=1S/C17H18O2.C12H10OP/c1-11-9-12(2)15(13(3)10-11)17(19)16(18)14-7-5-4-6-8-14;13-14(11-7-3-1-4-8-11)12-9-5-2-6-10-12/h4-10,16,18H,1-3H3;1-10H. The summed E-state index contributed by atoms with van der Waals surface area (Å²) in [5.41, 5.74) is 4.21. The molecular formula is C29H28O3P. The molecule has 1 radical (unpaired) electrons. The number of Topliss-reactive ketones (excluding diaryl/α,β-unsaturated/α-hetero) is 1. The van der Waals surface area contributed by atoms with Crippen LogP contribution in [0, 0.1) is 20.8 Å². The van der Waals surface area contributed by atoms with Gasteiger partial charge in [-0.3, -0.25) is 9.36 Å². The lowest BCUT2D eigenvalue weighted by Crippen LogP contribution is -2.15. The van der Waals surface area contributed by atoms with E-state index in [2.05, 4.69) is 0 Å². The topological polar surface area (TPSA) is 54.4 Å². The van der Waals surface area contributed by atoms with Crippen LogP contribution in [-0.4, -0.2) is 10.9 Å². The fourth-order valence-electron chi connectivity index (χ4n) is 3.77. The van der Waals surface area contributed by atoms with Gasteiger partial charge in [0, 0.05) is 16.2 Å². The molecule has 4 heteroatoms. The van der Waals surface area contributed by atoms with Gasteiger partial charge in [0.15, 0.2) is 5.78 Å². The van der Waals surface area contributed by atoms with Gasteiger partial charge in [-0.05, 0) is 61.7 Å². The summed E-state index contributed by atoms with van der Waals surface area (Å²) in [6.07, 6.45) is -1.10. The number of aliphatic hydroxyl groups excluding tert-OH is 1. The van der Waals surface area contributed by atoms with E-state index in [1.165, 1.54) is 0 Å². The summed E-state index contributed by atoms with van der Waals surface area (Å²) >= 11 is 0. The van der Waals surface area contributed by atoms with Crippen molar-refractivity contribution in [3.63, 3.8) is 0 Å². The second kappa shape index (κ2) is 11.5. The summed E-state index contributed by atoms with van der Waals surface area (Å²) in [5.74, 6) is -0.235. The monoisotopic (exact) mass is 455 g/mol. The van der Waals surface area contributed by atoms with Crippen LogP contribution in [0.2, 0.25) is 0 Å². The quantitative estimate of drug-likeness (QED) is 0.297. The van der Waals surface area contributed by atoms with E-state index in [9.17, 15) is 14.5 Å². The zero-order valence-corrected chi connectivity index (χ0v) is 20.0. The highest BCUT2D eigenvalue weighted by molar-refractivity contribution is 7.61. The molecule has 0 heterocycles. The third-order valence-electron chi connectivity index (χ3n) is 5.27. The molecule has 0 bridgehead atoms. The minimum absolute atomic E-state index is 0.235. The maximum Gasteiger partial charge on any atom is 0.196 e. The molecule has 4 aromatic rings. The molecule has 4 aromatic carbocycles. The number of hydrogen-bond acceptors (Lipinski definition) is 3. The molecule has 0 aliphatic heterocycles. The maximum absolute atomic E-state index is 12.4. The van der Waals surface area contributed by atoms with Gasteiger partial charge in [-0.25, -0.2) is 0 Å². The van der Waals surface area contributed by atoms with Crippen LogP contribution in [0.15, 0.2) is 103 Å². The smallest absolute Gasteiger partial charge is 0.196 e. The molecule has 0 aliphatic carbocycles. The van der Waals surface area contributed by atoms with Crippen molar-refractivity contribution < 1.29 is 14.5 Å². The Morgan fingerprint density at radius 1 is 0.697 bits per heavy atom. The van der Waals surface area contributed by atoms with E-state index in [0.29, 0.717) is 11.1 Å². The fourth-order valence-corrected chi connectivity index (χ4v) is 4.95. The summed E-state index contributed by atoms with van der Waals surface area (Å²) in [5, 5.41) is 12.0. The molecule has 0 spiro atoms. The lowest BCUT2D eigenvalue weighted by Gasteiger charge is -2.14. The molecule has 0 amide bonds. The number of aliphatic hydroxyl groups is 1. The summed E-state index contributed by atoms with van der Waals surface area (Å²) in [4.78, 5) is 12.4. The van der Waals surface area contributed by atoms with Gasteiger partial charge in [-0.15, -0.1) is 0 Å². The van der Waals surface area contributed by atoms with Crippen LogP contribution in [0.3, 0.4) is 0 Å². The maximum atomic E-state index is 12.4. The van der Waals surface area contributed by atoms with Crippen molar-refractivity contribution in [2.75, 3.05) is 0 Å². The summed E-state index contributed by atoms with van der Waals surface area (Å²) < 4.78 is 12.0. The van der Waals surface area contributed by atoms with Gasteiger partial charge in [0.05, 0.1) is 0 Å². The molecule has 167 valence electrons. The first kappa shape index (κ1) is 24.3. The molecule has 0 saturated carbocycles. The summed E-state index contributed by atoms with van der Waals surface area (Å²) in [7, 11) is -1.42. The number of aryl methyl sites for hydroxylation is 3. The van der Waals surface area contributed by atoms with E-state index in [1.54, 1.807) is 12.1 Å². The Labute approximate surface area is 196 Å².